The van der Waals surface area contributed by atoms with Gasteiger partial charge in [-0.2, -0.15) is 4.98 Å². The van der Waals surface area contributed by atoms with Gasteiger partial charge in [-0.15, -0.1) is 0 Å². The van der Waals surface area contributed by atoms with E-state index in [-0.39, 0.29) is 11.8 Å². The molecule has 3 aromatic rings. The van der Waals surface area contributed by atoms with E-state index in [4.69, 9.17) is 4.52 Å². The molecule has 1 saturated heterocycles. The first-order valence-corrected chi connectivity index (χ1v) is 8.89. The van der Waals surface area contributed by atoms with Crippen LogP contribution in [0.5, 0.6) is 0 Å². The van der Waals surface area contributed by atoms with E-state index in [1.807, 2.05) is 54.6 Å². The molecule has 2 aromatic carbocycles. The van der Waals surface area contributed by atoms with Crippen molar-refractivity contribution in [2.75, 3.05) is 13.1 Å². The molecule has 6 heteroatoms. The maximum Gasteiger partial charge on any atom is 0.253 e. The van der Waals surface area contributed by atoms with Gasteiger partial charge in [0.1, 0.15) is 0 Å². The van der Waals surface area contributed by atoms with Gasteiger partial charge in [-0.05, 0) is 23.8 Å². The van der Waals surface area contributed by atoms with Crippen LogP contribution in [0.4, 0.5) is 0 Å². The van der Waals surface area contributed by atoms with E-state index in [1.165, 1.54) is 0 Å². The van der Waals surface area contributed by atoms with Gasteiger partial charge in [0, 0.05) is 29.5 Å². The molecule has 0 radical (unpaired) electrons. The van der Waals surface area contributed by atoms with E-state index < -0.39 is 0 Å². The number of nitrogens with zero attached hydrogens (tertiary/aromatic N) is 3. The van der Waals surface area contributed by atoms with E-state index in [9.17, 15) is 4.79 Å². The van der Waals surface area contributed by atoms with Gasteiger partial charge in [-0.3, -0.25) is 4.79 Å². The number of hydrogen-bond acceptors (Lipinski definition) is 4. The Bertz CT molecular complexity index is 888. The van der Waals surface area contributed by atoms with Crippen molar-refractivity contribution in [2.45, 2.75) is 12.3 Å². The van der Waals surface area contributed by atoms with Gasteiger partial charge in [-0.25, -0.2) is 0 Å². The number of rotatable bonds is 4. The molecule has 1 aliphatic rings. The minimum Gasteiger partial charge on any atom is -0.339 e. The van der Waals surface area contributed by atoms with Gasteiger partial charge in [0.05, 0.1) is 5.92 Å². The summed E-state index contributed by atoms with van der Waals surface area (Å²) in [5, 5.41) is 4.06. The number of benzene rings is 2. The topological polar surface area (TPSA) is 59.2 Å². The second kappa shape index (κ2) is 6.80. The zero-order chi connectivity index (χ0) is 17.2. The molecule has 1 aromatic heterocycles. The second-order valence-electron chi connectivity index (χ2n) is 6.13. The van der Waals surface area contributed by atoms with Gasteiger partial charge in [0.15, 0.2) is 5.82 Å². The van der Waals surface area contributed by atoms with Gasteiger partial charge in [0.2, 0.25) is 5.89 Å². The summed E-state index contributed by atoms with van der Waals surface area (Å²) in [4.78, 5) is 18.7. The molecule has 0 bridgehead atoms. The van der Waals surface area contributed by atoms with Crippen molar-refractivity contribution in [2.24, 2.45) is 0 Å². The van der Waals surface area contributed by atoms with Crippen molar-refractivity contribution in [1.82, 2.24) is 15.0 Å². The molecule has 25 heavy (non-hydrogen) atoms. The molecule has 1 fully saturated rings. The zero-order valence-corrected chi connectivity index (χ0v) is 15.0. The average molecular weight is 398 g/mol. The highest BCUT2D eigenvalue weighted by Crippen LogP contribution is 2.28. The second-order valence-corrected chi connectivity index (χ2v) is 7.04. The standard InChI is InChI=1S/C19H16BrN3O2/c20-16-8-4-7-14(10-16)19(24)23-11-15(12-23)18-21-17(22-25-18)9-13-5-2-1-3-6-13/h1-8,10,15H,9,11-12H2. The van der Waals surface area contributed by atoms with Crippen LogP contribution in [0, 0.1) is 0 Å². The normalized spacial score (nSPS) is 14.4. The monoisotopic (exact) mass is 397 g/mol. The predicted molar refractivity (Wildman–Crippen MR) is 96.3 cm³/mol. The summed E-state index contributed by atoms with van der Waals surface area (Å²) in [6.45, 7) is 1.22. The van der Waals surface area contributed by atoms with Crippen LogP contribution in [0.2, 0.25) is 0 Å². The Hall–Kier alpha value is -2.47. The van der Waals surface area contributed by atoms with E-state index in [2.05, 4.69) is 26.1 Å². The van der Waals surface area contributed by atoms with Crippen LogP contribution in [-0.4, -0.2) is 34.0 Å². The molecule has 5 nitrogen and oxygen atoms in total. The Morgan fingerprint density at radius 3 is 2.72 bits per heavy atom. The van der Waals surface area contributed by atoms with Crippen LogP contribution in [0.3, 0.4) is 0 Å². The maximum absolute atomic E-state index is 12.4. The molecule has 0 unspecified atom stereocenters. The summed E-state index contributed by atoms with van der Waals surface area (Å²) in [6, 6.07) is 17.5. The summed E-state index contributed by atoms with van der Waals surface area (Å²) >= 11 is 3.39. The molecular formula is C19H16BrN3O2. The molecule has 2 heterocycles. The Morgan fingerprint density at radius 1 is 1.16 bits per heavy atom. The number of hydrogen-bond donors (Lipinski definition) is 0. The van der Waals surface area contributed by atoms with Gasteiger partial charge in [0.25, 0.3) is 5.91 Å². The Balaban J connectivity index is 1.37. The smallest absolute Gasteiger partial charge is 0.253 e. The van der Waals surface area contributed by atoms with Crippen LogP contribution in [0.1, 0.15) is 33.6 Å². The highest BCUT2D eigenvalue weighted by molar-refractivity contribution is 9.10. The zero-order valence-electron chi connectivity index (χ0n) is 13.4. The van der Waals surface area contributed by atoms with Crippen LogP contribution in [-0.2, 0) is 6.42 Å². The van der Waals surface area contributed by atoms with Crippen LogP contribution in [0.15, 0.2) is 63.6 Å². The Kier molecular flexibility index (Phi) is 4.36. The lowest BCUT2D eigenvalue weighted by atomic mass is 9.99. The fourth-order valence-electron chi connectivity index (χ4n) is 2.89. The van der Waals surface area contributed by atoms with Crippen molar-refractivity contribution in [3.05, 3.63) is 81.9 Å². The molecule has 1 aliphatic heterocycles. The molecule has 0 saturated carbocycles. The molecule has 4 rings (SSSR count). The first-order chi connectivity index (χ1) is 12.2. The molecular weight excluding hydrogens is 382 g/mol. The van der Waals surface area contributed by atoms with Crippen molar-refractivity contribution in [3.63, 3.8) is 0 Å². The largest absolute Gasteiger partial charge is 0.339 e. The minimum absolute atomic E-state index is 0.0292. The number of carbonyl (C=O) groups excluding carboxylic acids is 1. The van der Waals surface area contributed by atoms with Gasteiger partial charge >= 0.3 is 0 Å². The number of carbonyl (C=O) groups is 1. The summed E-state index contributed by atoms with van der Waals surface area (Å²) in [7, 11) is 0. The maximum atomic E-state index is 12.4. The van der Waals surface area contributed by atoms with Gasteiger partial charge in [-0.1, -0.05) is 57.5 Å². The summed E-state index contributed by atoms with van der Waals surface area (Å²) in [5.74, 6) is 1.44. The van der Waals surface area contributed by atoms with E-state index >= 15 is 0 Å². The summed E-state index contributed by atoms with van der Waals surface area (Å²) in [6.07, 6.45) is 0.651. The predicted octanol–water partition coefficient (Wildman–Crippen LogP) is 3.66. The average Bonchev–Trinajstić information content (AvgIpc) is 3.02. The highest BCUT2D eigenvalue weighted by atomic mass is 79.9. The van der Waals surface area contributed by atoms with Crippen molar-refractivity contribution < 1.29 is 9.32 Å². The van der Waals surface area contributed by atoms with Crippen LogP contribution in [0.25, 0.3) is 0 Å². The summed E-state index contributed by atoms with van der Waals surface area (Å²) < 4.78 is 6.29. The molecule has 0 N–H and O–H groups in total. The number of halogens is 1. The first-order valence-electron chi connectivity index (χ1n) is 8.10. The fourth-order valence-corrected chi connectivity index (χ4v) is 3.29. The van der Waals surface area contributed by atoms with Crippen molar-refractivity contribution in [3.8, 4) is 0 Å². The number of aromatic nitrogens is 2. The lowest BCUT2D eigenvalue weighted by molar-refractivity contribution is 0.0569. The van der Waals surface area contributed by atoms with Gasteiger partial charge < -0.3 is 9.42 Å². The minimum atomic E-state index is 0.0292. The van der Waals surface area contributed by atoms with Crippen molar-refractivity contribution in [1.29, 1.82) is 0 Å². The van der Waals surface area contributed by atoms with E-state index in [0.717, 1.165) is 10.0 Å². The third-order valence-corrected chi connectivity index (χ3v) is 4.77. The first kappa shape index (κ1) is 16.0. The molecule has 0 atom stereocenters. The SMILES string of the molecule is O=C(c1cccc(Br)c1)N1CC(c2nc(Cc3ccccc3)no2)C1. The Morgan fingerprint density at radius 2 is 1.96 bits per heavy atom. The Labute approximate surface area is 153 Å². The van der Waals surface area contributed by atoms with E-state index in [0.29, 0.717) is 36.8 Å². The number of likely N-dealkylation sites (tertiary alicyclic amines) is 1. The molecule has 1 amide bonds. The molecule has 126 valence electrons. The van der Waals surface area contributed by atoms with Crippen LogP contribution >= 0.6 is 15.9 Å². The fraction of sp³-hybridized carbons (Fsp3) is 0.211. The molecule has 0 aliphatic carbocycles. The van der Waals surface area contributed by atoms with E-state index in [1.54, 1.807) is 4.90 Å². The van der Waals surface area contributed by atoms with Crippen LogP contribution < -0.4 is 0 Å². The lowest BCUT2D eigenvalue weighted by Crippen LogP contribution is -2.48. The third kappa shape index (κ3) is 3.49. The molecule has 0 spiro atoms. The number of amides is 1. The quantitative estimate of drug-likeness (QED) is 0.673. The third-order valence-electron chi connectivity index (χ3n) is 4.28. The highest BCUT2D eigenvalue weighted by Gasteiger charge is 2.36. The van der Waals surface area contributed by atoms with Crippen molar-refractivity contribution >= 4 is 21.8 Å². The lowest BCUT2D eigenvalue weighted by Gasteiger charge is -2.37. The summed E-state index contributed by atoms with van der Waals surface area (Å²) in [5.41, 5.74) is 1.83.